The number of nitrogens with two attached hydrogens (primary N) is 1. The Morgan fingerprint density at radius 3 is 2.31 bits per heavy atom. The number of non-ortho nitro benzene ring substituents is 1. The maximum atomic E-state index is 13.1. The van der Waals surface area contributed by atoms with E-state index in [2.05, 4.69) is 10.9 Å². The van der Waals surface area contributed by atoms with Crippen molar-refractivity contribution in [2.45, 2.75) is 6.92 Å². The maximum absolute atomic E-state index is 13.1. The highest BCUT2D eigenvalue weighted by Gasteiger charge is 2.22. The first-order chi connectivity index (χ1) is 18.7. The van der Waals surface area contributed by atoms with Crippen LogP contribution in [0.25, 0.3) is 32.6 Å². The lowest BCUT2D eigenvalue weighted by atomic mass is 9.99. The fourth-order valence-corrected chi connectivity index (χ4v) is 5.16. The number of aryl methyl sites for hydroxylation is 1. The van der Waals surface area contributed by atoms with Crippen LogP contribution in [-0.2, 0) is 0 Å². The highest BCUT2D eigenvalue weighted by Crippen LogP contribution is 2.41. The van der Waals surface area contributed by atoms with Crippen molar-refractivity contribution in [2.24, 2.45) is 0 Å². The van der Waals surface area contributed by atoms with Crippen LogP contribution in [0.5, 0.6) is 0 Å². The second-order valence-corrected chi connectivity index (χ2v) is 10.1. The number of rotatable bonds is 5. The first-order valence-electron chi connectivity index (χ1n) is 11.6. The number of fused-ring (bicyclic) bond motifs is 1. The van der Waals surface area contributed by atoms with E-state index in [0.29, 0.717) is 20.9 Å². The van der Waals surface area contributed by atoms with Crippen LogP contribution in [0, 0.1) is 17.0 Å². The molecule has 5 aromatic rings. The van der Waals surface area contributed by atoms with Crippen molar-refractivity contribution in [1.82, 2.24) is 15.8 Å². The van der Waals surface area contributed by atoms with E-state index < -0.39 is 16.7 Å². The molecule has 5 rings (SSSR count). The summed E-state index contributed by atoms with van der Waals surface area (Å²) in [4.78, 5) is 41.5. The van der Waals surface area contributed by atoms with E-state index in [-0.39, 0.29) is 21.8 Å². The lowest BCUT2D eigenvalue weighted by molar-refractivity contribution is -0.384. The number of nitro benzene ring substituents is 1. The number of hydrogen-bond acceptors (Lipinski definition) is 7. The van der Waals surface area contributed by atoms with Gasteiger partial charge in [0.15, 0.2) is 0 Å². The number of benzene rings is 3. The molecule has 39 heavy (non-hydrogen) atoms. The number of hydrazine groups is 1. The summed E-state index contributed by atoms with van der Waals surface area (Å²) >= 11 is 7.20. The summed E-state index contributed by atoms with van der Waals surface area (Å²) in [5.74, 6) is -1.36. The Balaban J connectivity index is 1.51. The van der Waals surface area contributed by atoms with E-state index in [1.165, 1.54) is 18.2 Å². The zero-order valence-electron chi connectivity index (χ0n) is 20.4. The zero-order chi connectivity index (χ0) is 27.7. The number of nitro groups is 1. The van der Waals surface area contributed by atoms with Crippen LogP contribution in [0.4, 0.5) is 11.4 Å². The highest BCUT2D eigenvalue weighted by atomic mass is 35.5. The van der Waals surface area contributed by atoms with Crippen LogP contribution in [0.2, 0.25) is 5.02 Å². The molecule has 0 saturated heterocycles. The van der Waals surface area contributed by atoms with Gasteiger partial charge in [0.2, 0.25) is 0 Å². The average Bonchev–Trinajstić information content (AvgIpc) is 3.28. The van der Waals surface area contributed by atoms with Gasteiger partial charge in [0.1, 0.15) is 9.71 Å². The molecule has 2 amide bonds. The van der Waals surface area contributed by atoms with Crippen LogP contribution in [0.15, 0.2) is 78.9 Å². The molecule has 9 nitrogen and oxygen atoms in total. The van der Waals surface area contributed by atoms with E-state index in [1.54, 1.807) is 12.1 Å². The van der Waals surface area contributed by atoms with Crippen molar-refractivity contribution in [3.63, 3.8) is 0 Å². The molecule has 11 heteroatoms. The fraction of sp³-hybridized carbons (Fsp3) is 0.0357. The van der Waals surface area contributed by atoms with Crippen LogP contribution in [-0.4, -0.2) is 21.7 Å². The molecule has 3 aromatic carbocycles. The Kier molecular flexibility index (Phi) is 6.97. The molecular formula is C28H20ClN5O4S. The van der Waals surface area contributed by atoms with Crippen molar-refractivity contribution >= 4 is 56.3 Å². The van der Waals surface area contributed by atoms with Gasteiger partial charge in [0, 0.05) is 33.7 Å². The lowest BCUT2D eigenvalue weighted by Crippen LogP contribution is -2.41. The highest BCUT2D eigenvalue weighted by molar-refractivity contribution is 7.21. The summed E-state index contributed by atoms with van der Waals surface area (Å²) in [6.07, 6.45) is 0. The molecule has 0 aliphatic heterocycles. The Morgan fingerprint density at radius 1 is 0.949 bits per heavy atom. The standard InChI is InChI=1S/C28H20ClN5O4S/c1-15-5-7-17(8-6-15)22-14-21(16-9-11-19(29)12-10-16)23-24(30)25(39-28(23)31-22)27(36)33-32-26(35)18-3-2-4-20(13-18)34(37)38/h2-14H,30H2,1H3,(H,32,35)(H,33,36). The quantitative estimate of drug-likeness (QED) is 0.175. The average molecular weight is 558 g/mol. The van der Waals surface area contributed by atoms with Crippen molar-refractivity contribution < 1.29 is 14.5 Å². The van der Waals surface area contributed by atoms with Crippen molar-refractivity contribution in [2.75, 3.05) is 5.73 Å². The molecule has 4 N–H and O–H groups in total. The number of thiophene rings is 1. The third-order valence-corrected chi connectivity index (χ3v) is 7.37. The number of carbonyl (C=O) groups is 2. The first-order valence-corrected chi connectivity index (χ1v) is 12.8. The summed E-state index contributed by atoms with van der Waals surface area (Å²) in [6.45, 7) is 2.00. The number of anilines is 1. The molecule has 0 unspecified atom stereocenters. The molecule has 2 aromatic heterocycles. The molecule has 194 valence electrons. The summed E-state index contributed by atoms with van der Waals surface area (Å²) in [5.41, 5.74) is 15.4. The number of nitrogens with zero attached hydrogens (tertiary/aromatic N) is 2. The summed E-state index contributed by atoms with van der Waals surface area (Å²) < 4.78 is 0. The smallest absolute Gasteiger partial charge is 0.281 e. The molecule has 2 heterocycles. The monoisotopic (exact) mass is 557 g/mol. The van der Waals surface area contributed by atoms with Crippen LogP contribution >= 0.6 is 22.9 Å². The van der Waals surface area contributed by atoms with E-state index in [1.807, 2.05) is 49.4 Å². The largest absolute Gasteiger partial charge is 0.397 e. The number of hydrogen-bond donors (Lipinski definition) is 3. The van der Waals surface area contributed by atoms with Gasteiger partial charge < -0.3 is 5.73 Å². The Hall–Kier alpha value is -4.80. The van der Waals surface area contributed by atoms with Gasteiger partial charge in [-0.05, 0) is 42.3 Å². The Bertz CT molecular complexity index is 1750. The SMILES string of the molecule is Cc1ccc(-c2cc(-c3ccc(Cl)cc3)c3c(N)c(C(=O)NNC(=O)c4cccc([N+](=O)[O-])c4)sc3n2)cc1. The second kappa shape index (κ2) is 10.5. The molecule has 0 saturated carbocycles. The number of nitrogens with one attached hydrogen (secondary N) is 2. The molecule has 0 spiro atoms. The third-order valence-electron chi connectivity index (χ3n) is 6.02. The third kappa shape index (κ3) is 5.28. The van der Waals surface area contributed by atoms with E-state index in [4.69, 9.17) is 22.3 Å². The summed E-state index contributed by atoms with van der Waals surface area (Å²) in [6, 6.07) is 22.3. The van der Waals surface area contributed by atoms with Gasteiger partial charge in [0.05, 0.1) is 16.3 Å². The van der Waals surface area contributed by atoms with Crippen molar-refractivity contribution in [1.29, 1.82) is 0 Å². The fourth-order valence-electron chi connectivity index (χ4n) is 4.02. The number of nitrogen functional groups attached to an aromatic ring is 1. The van der Waals surface area contributed by atoms with Gasteiger partial charge in [-0.15, -0.1) is 11.3 Å². The molecule has 0 bridgehead atoms. The predicted molar refractivity (Wildman–Crippen MR) is 153 cm³/mol. The topological polar surface area (TPSA) is 140 Å². The maximum Gasteiger partial charge on any atom is 0.281 e. The molecule has 0 fully saturated rings. The van der Waals surface area contributed by atoms with Crippen LogP contribution in [0.3, 0.4) is 0 Å². The van der Waals surface area contributed by atoms with E-state index >= 15 is 0 Å². The van der Waals surface area contributed by atoms with Crippen molar-refractivity contribution in [3.8, 4) is 22.4 Å². The molecule has 0 atom stereocenters. The molecular weight excluding hydrogens is 538 g/mol. The zero-order valence-corrected chi connectivity index (χ0v) is 22.0. The lowest BCUT2D eigenvalue weighted by Gasteiger charge is -2.09. The van der Waals surface area contributed by atoms with Gasteiger partial charge in [-0.1, -0.05) is 59.6 Å². The van der Waals surface area contributed by atoms with Gasteiger partial charge in [-0.2, -0.15) is 0 Å². The summed E-state index contributed by atoms with van der Waals surface area (Å²) in [7, 11) is 0. The van der Waals surface area contributed by atoms with Gasteiger partial charge in [-0.3, -0.25) is 30.6 Å². The predicted octanol–water partition coefficient (Wildman–Crippen LogP) is 6.16. The number of pyridine rings is 1. The Morgan fingerprint density at radius 2 is 1.62 bits per heavy atom. The van der Waals surface area contributed by atoms with Crippen LogP contribution in [0.1, 0.15) is 25.6 Å². The summed E-state index contributed by atoms with van der Waals surface area (Å²) in [5, 5.41) is 12.2. The number of carbonyl (C=O) groups excluding carboxylic acids is 2. The first kappa shape index (κ1) is 25.8. The molecule has 0 radical (unpaired) electrons. The number of halogens is 1. The van der Waals surface area contributed by atoms with Crippen LogP contribution < -0.4 is 16.6 Å². The minimum atomic E-state index is -0.714. The minimum Gasteiger partial charge on any atom is -0.397 e. The normalized spacial score (nSPS) is 10.8. The molecule has 0 aliphatic rings. The minimum absolute atomic E-state index is 0.0169. The number of aromatic nitrogens is 1. The number of amides is 2. The van der Waals surface area contributed by atoms with E-state index in [0.717, 1.165) is 39.7 Å². The second-order valence-electron chi connectivity index (χ2n) is 8.67. The molecule has 0 aliphatic carbocycles. The van der Waals surface area contributed by atoms with Gasteiger partial charge >= 0.3 is 0 Å². The van der Waals surface area contributed by atoms with Gasteiger partial charge in [0.25, 0.3) is 17.5 Å². The van der Waals surface area contributed by atoms with Gasteiger partial charge in [-0.25, -0.2) is 4.98 Å². The van der Waals surface area contributed by atoms with E-state index in [9.17, 15) is 19.7 Å². The Labute approximate surface area is 231 Å². The van der Waals surface area contributed by atoms with Crippen molar-refractivity contribution in [3.05, 3.63) is 110 Å².